The number of rotatable bonds is 7. The Kier molecular flexibility index (Phi) is 6.82. The van der Waals surface area contributed by atoms with E-state index in [1.165, 1.54) is 37.0 Å². The molecule has 3 aromatic heterocycles. The van der Waals surface area contributed by atoms with E-state index >= 15 is 0 Å². The molecule has 5 unspecified atom stereocenters. The number of carbonyl (C=O) groups excluding carboxylic acids is 1. The van der Waals surface area contributed by atoms with Crippen LogP contribution in [-0.2, 0) is 19.5 Å². The van der Waals surface area contributed by atoms with Gasteiger partial charge in [-0.2, -0.15) is 5.10 Å². The number of nitrogens with one attached hydrogen (secondary N) is 1. The van der Waals surface area contributed by atoms with Gasteiger partial charge in [0.1, 0.15) is 5.82 Å². The van der Waals surface area contributed by atoms with Gasteiger partial charge in [0, 0.05) is 42.0 Å². The van der Waals surface area contributed by atoms with Gasteiger partial charge in [-0.1, -0.05) is 49.4 Å². The fourth-order valence-corrected chi connectivity index (χ4v) is 11.3. The number of carbonyl (C=O) groups is 2. The van der Waals surface area contributed by atoms with Crippen molar-refractivity contribution < 1.29 is 14.7 Å². The second-order valence-corrected chi connectivity index (χ2v) is 16.2. The highest BCUT2D eigenvalue weighted by Gasteiger charge is 2.69. The van der Waals surface area contributed by atoms with Crippen molar-refractivity contribution in [1.82, 2.24) is 19.7 Å². The number of benzene rings is 2. The van der Waals surface area contributed by atoms with Gasteiger partial charge in [0.15, 0.2) is 10.8 Å². The molecule has 0 saturated heterocycles. The summed E-state index contributed by atoms with van der Waals surface area (Å²) in [7, 11) is 0. The summed E-state index contributed by atoms with van der Waals surface area (Å²) >= 11 is 1.45. The minimum atomic E-state index is -1.07. The standard InChI is InChI=1S/C39H40N6O3S/c1-22-15-26-17-38(16-23(2)39(22,26)20-38)21-45-24(3)29(18-40-45)27-11-12-33(42-34(27)36(47)48)44-14-13-25-7-6-8-28(30(25)19-44)35(46)43-37-41-31-9-4-5-10-32(31)49-37/h4-12,18,22-23,26H,13-17,19-21H2,1-3H3,(H,47,48)(H,41,43,46). The summed E-state index contributed by atoms with van der Waals surface area (Å²) in [5.74, 6) is 1.73. The predicted octanol–water partition coefficient (Wildman–Crippen LogP) is 7.84. The Hall–Kier alpha value is -4.57. The maximum Gasteiger partial charge on any atom is 0.355 e. The van der Waals surface area contributed by atoms with Gasteiger partial charge in [-0.3, -0.25) is 14.8 Å². The lowest BCUT2D eigenvalue weighted by Gasteiger charge is -2.55. The Morgan fingerprint density at radius 2 is 1.88 bits per heavy atom. The Balaban J connectivity index is 0.968. The van der Waals surface area contributed by atoms with Gasteiger partial charge >= 0.3 is 5.97 Å². The molecule has 2 aromatic carbocycles. The van der Waals surface area contributed by atoms with Gasteiger partial charge in [-0.05, 0) is 109 Å². The van der Waals surface area contributed by atoms with E-state index in [-0.39, 0.29) is 17.0 Å². The molecule has 3 fully saturated rings. The number of hydrogen-bond donors (Lipinski definition) is 2. The molecule has 5 atom stereocenters. The number of pyridine rings is 1. The number of carboxylic acids is 1. The Labute approximate surface area is 289 Å². The smallest absolute Gasteiger partial charge is 0.355 e. The van der Waals surface area contributed by atoms with E-state index in [1.807, 2.05) is 54.7 Å². The maximum atomic E-state index is 13.5. The Bertz CT molecular complexity index is 2130. The number of amides is 1. The van der Waals surface area contributed by atoms with Crippen molar-refractivity contribution in [3.63, 3.8) is 0 Å². The van der Waals surface area contributed by atoms with Gasteiger partial charge in [0.2, 0.25) is 0 Å². The summed E-state index contributed by atoms with van der Waals surface area (Å²) in [4.78, 5) is 37.6. The predicted molar refractivity (Wildman–Crippen MR) is 191 cm³/mol. The van der Waals surface area contributed by atoms with Crippen LogP contribution < -0.4 is 10.2 Å². The number of aromatic carboxylic acids is 1. The molecule has 0 radical (unpaired) electrons. The maximum absolute atomic E-state index is 13.5. The number of hydrogen-bond acceptors (Lipinski definition) is 7. The second-order valence-electron chi connectivity index (χ2n) is 15.2. The SMILES string of the molecule is Cc1c(-c2ccc(N3CCc4cccc(C(=O)Nc5nc6ccccc6s5)c4C3)nc2C(=O)O)cnn1CC12CC(C)C3(C1)C(C)CC3C2. The van der Waals surface area contributed by atoms with E-state index < -0.39 is 5.97 Å². The van der Waals surface area contributed by atoms with Crippen LogP contribution >= 0.6 is 11.3 Å². The second kappa shape index (κ2) is 11.0. The van der Waals surface area contributed by atoms with Gasteiger partial charge < -0.3 is 10.0 Å². The first kappa shape index (κ1) is 30.5. The highest BCUT2D eigenvalue weighted by molar-refractivity contribution is 7.22. The largest absolute Gasteiger partial charge is 0.476 e. The van der Waals surface area contributed by atoms with Crippen molar-refractivity contribution in [2.24, 2.45) is 28.6 Å². The number of nitrogens with zero attached hydrogens (tertiary/aromatic N) is 5. The molecule has 4 heterocycles. The zero-order valence-electron chi connectivity index (χ0n) is 28.1. The minimum Gasteiger partial charge on any atom is -0.476 e. The fourth-order valence-electron chi connectivity index (χ4n) is 10.5. The lowest BCUT2D eigenvalue weighted by molar-refractivity contribution is -0.0644. The molecule has 9 nitrogen and oxygen atoms in total. The average molecular weight is 673 g/mol. The summed E-state index contributed by atoms with van der Waals surface area (Å²) in [5, 5.41) is 18.8. The van der Waals surface area contributed by atoms with Crippen molar-refractivity contribution in [3.05, 3.63) is 88.9 Å². The number of anilines is 2. The van der Waals surface area contributed by atoms with Crippen molar-refractivity contribution >= 4 is 44.4 Å². The Morgan fingerprint density at radius 1 is 1.02 bits per heavy atom. The van der Waals surface area contributed by atoms with Gasteiger partial charge in [0.25, 0.3) is 5.91 Å². The first-order chi connectivity index (χ1) is 23.6. The molecule has 3 aliphatic carbocycles. The third-order valence-electron chi connectivity index (χ3n) is 12.7. The summed E-state index contributed by atoms with van der Waals surface area (Å²) in [5.41, 5.74) is 6.70. The third kappa shape index (κ3) is 4.66. The molecule has 49 heavy (non-hydrogen) atoms. The van der Waals surface area contributed by atoms with Crippen molar-refractivity contribution in [3.8, 4) is 11.1 Å². The van der Waals surface area contributed by atoms with Crippen LogP contribution in [0.15, 0.2) is 60.8 Å². The molecule has 1 aliphatic heterocycles. The molecular formula is C39H40N6O3S. The fraction of sp³-hybridized carbons (Fsp3) is 0.410. The molecule has 250 valence electrons. The van der Waals surface area contributed by atoms with E-state index in [4.69, 9.17) is 10.1 Å². The van der Waals surface area contributed by atoms with E-state index in [1.54, 1.807) is 0 Å². The molecule has 1 spiro atoms. The normalized spacial score (nSPS) is 26.8. The van der Waals surface area contributed by atoms with Crippen LogP contribution in [0.4, 0.5) is 10.9 Å². The Morgan fingerprint density at radius 3 is 2.65 bits per heavy atom. The van der Waals surface area contributed by atoms with Crippen LogP contribution in [0.2, 0.25) is 0 Å². The van der Waals surface area contributed by atoms with E-state index in [2.05, 4.69) is 46.7 Å². The summed E-state index contributed by atoms with van der Waals surface area (Å²) in [6.45, 7) is 8.96. The number of para-hydroxylation sites is 1. The highest BCUT2D eigenvalue weighted by Crippen LogP contribution is 2.77. The lowest BCUT2D eigenvalue weighted by Crippen LogP contribution is -2.48. The van der Waals surface area contributed by atoms with Crippen LogP contribution in [-0.4, -0.2) is 43.3 Å². The molecule has 3 saturated carbocycles. The topological polar surface area (TPSA) is 113 Å². The molecule has 2 bridgehead atoms. The lowest BCUT2D eigenvalue weighted by atomic mass is 9.50. The number of fused-ring (bicyclic) bond motifs is 3. The van der Waals surface area contributed by atoms with Crippen LogP contribution in [0.1, 0.15) is 77.2 Å². The van der Waals surface area contributed by atoms with Gasteiger partial charge in [-0.15, -0.1) is 0 Å². The molecule has 9 rings (SSSR count). The average Bonchev–Trinajstić information content (AvgIpc) is 3.82. The number of thiazole rings is 1. The third-order valence-corrected chi connectivity index (χ3v) is 13.6. The first-order valence-electron chi connectivity index (χ1n) is 17.4. The molecule has 10 heteroatoms. The van der Waals surface area contributed by atoms with Crippen LogP contribution in [0.5, 0.6) is 0 Å². The monoisotopic (exact) mass is 672 g/mol. The molecule has 1 amide bonds. The molecule has 2 N–H and O–H groups in total. The first-order valence-corrected chi connectivity index (χ1v) is 18.3. The zero-order valence-corrected chi connectivity index (χ0v) is 28.9. The van der Waals surface area contributed by atoms with Crippen molar-refractivity contribution in [1.29, 1.82) is 0 Å². The van der Waals surface area contributed by atoms with Gasteiger partial charge in [-0.25, -0.2) is 14.8 Å². The summed E-state index contributed by atoms with van der Waals surface area (Å²) in [6, 6.07) is 17.4. The molecule has 4 aliphatic rings. The van der Waals surface area contributed by atoms with Gasteiger partial charge in [0.05, 0.1) is 16.4 Å². The van der Waals surface area contributed by atoms with E-state index in [0.29, 0.717) is 40.6 Å². The minimum absolute atomic E-state index is 0.0205. The summed E-state index contributed by atoms with van der Waals surface area (Å²) < 4.78 is 3.14. The van der Waals surface area contributed by atoms with Crippen LogP contribution in [0.25, 0.3) is 21.3 Å². The molecular weight excluding hydrogens is 633 g/mol. The van der Waals surface area contributed by atoms with E-state index in [0.717, 1.165) is 63.3 Å². The highest BCUT2D eigenvalue weighted by atomic mass is 32.1. The van der Waals surface area contributed by atoms with Crippen molar-refractivity contribution in [2.75, 3.05) is 16.8 Å². The molecule has 5 aromatic rings. The van der Waals surface area contributed by atoms with Crippen LogP contribution in [0, 0.1) is 35.5 Å². The quantitative estimate of drug-likeness (QED) is 0.181. The number of carboxylic acid groups (broad SMARTS) is 1. The van der Waals surface area contributed by atoms with Crippen LogP contribution in [0.3, 0.4) is 0 Å². The van der Waals surface area contributed by atoms with E-state index in [9.17, 15) is 14.7 Å². The summed E-state index contributed by atoms with van der Waals surface area (Å²) in [6.07, 6.45) is 7.74. The zero-order chi connectivity index (χ0) is 33.7. The number of aromatic nitrogens is 4. The van der Waals surface area contributed by atoms with Crippen molar-refractivity contribution in [2.45, 2.75) is 66.0 Å².